The molecular weight excluding hydrogens is 207 g/mol. The van der Waals surface area contributed by atoms with Crippen LogP contribution in [0.4, 0.5) is 4.39 Å². The van der Waals surface area contributed by atoms with Crippen LogP contribution in [0.1, 0.15) is 19.4 Å². The van der Waals surface area contributed by atoms with Gasteiger partial charge < -0.3 is 9.47 Å². The van der Waals surface area contributed by atoms with Crippen molar-refractivity contribution in [3.63, 3.8) is 0 Å². The Balaban J connectivity index is 2.35. The van der Waals surface area contributed by atoms with Crippen molar-refractivity contribution in [2.45, 2.75) is 20.1 Å². The summed E-state index contributed by atoms with van der Waals surface area (Å²) in [5.74, 6) is 5.45. The van der Waals surface area contributed by atoms with E-state index in [1.54, 1.807) is 12.1 Å². The molecule has 0 radical (unpaired) electrons. The van der Waals surface area contributed by atoms with Gasteiger partial charge in [0.05, 0.1) is 0 Å². The van der Waals surface area contributed by atoms with Gasteiger partial charge in [-0.25, -0.2) is 4.39 Å². The summed E-state index contributed by atoms with van der Waals surface area (Å²) in [6.45, 7) is 4.65. The van der Waals surface area contributed by atoms with Gasteiger partial charge in [0.15, 0.2) is 6.29 Å². The van der Waals surface area contributed by atoms with Crippen LogP contribution in [0.15, 0.2) is 24.3 Å². The molecule has 16 heavy (non-hydrogen) atoms. The minimum atomic E-state index is -0.258. The summed E-state index contributed by atoms with van der Waals surface area (Å²) in [6.07, 6.45) is -0.243. The van der Waals surface area contributed by atoms with Crippen molar-refractivity contribution in [3.05, 3.63) is 35.6 Å². The lowest BCUT2D eigenvalue weighted by Gasteiger charge is -2.09. The Morgan fingerprint density at radius 2 is 1.94 bits per heavy atom. The van der Waals surface area contributed by atoms with Gasteiger partial charge in [-0.05, 0) is 38.1 Å². The zero-order chi connectivity index (χ0) is 11.8. The molecule has 0 bridgehead atoms. The molecule has 1 aromatic rings. The minimum absolute atomic E-state index is 0.243. The Morgan fingerprint density at radius 3 is 2.56 bits per heavy atom. The molecule has 0 spiro atoms. The highest BCUT2D eigenvalue weighted by Crippen LogP contribution is 2.00. The van der Waals surface area contributed by atoms with E-state index in [0.29, 0.717) is 13.2 Å². The zero-order valence-electron chi connectivity index (χ0n) is 9.50. The predicted octanol–water partition coefficient (Wildman–Crippen LogP) is 2.58. The van der Waals surface area contributed by atoms with Crippen LogP contribution < -0.4 is 0 Å². The van der Waals surface area contributed by atoms with E-state index >= 15 is 0 Å². The molecule has 0 heterocycles. The highest BCUT2D eigenvalue weighted by atomic mass is 19.1. The van der Waals surface area contributed by atoms with Crippen molar-refractivity contribution in [1.82, 2.24) is 0 Å². The maximum absolute atomic E-state index is 12.6. The van der Waals surface area contributed by atoms with Crippen LogP contribution in [0.2, 0.25) is 0 Å². The number of halogens is 1. The fourth-order valence-electron chi connectivity index (χ4n) is 1.11. The van der Waals surface area contributed by atoms with Gasteiger partial charge >= 0.3 is 0 Å². The molecular formula is C13H15FO2. The lowest BCUT2D eigenvalue weighted by molar-refractivity contribution is -0.117. The van der Waals surface area contributed by atoms with Crippen molar-refractivity contribution in [2.24, 2.45) is 0 Å². The summed E-state index contributed by atoms with van der Waals surface area (Å²) in [4.78, 5) is 0. The average molecular weight is 222 g/mol. The van der Waals surface area contributed by atoms with Crippen LogP contribution in [0.25, 0.3) is 0 Å². The van der Waals surface area contributed by atoms with Gasteiger partial charge in [-0.1, -0.05) is 11.8 Å². The Kier molecular flexibility index (Phi) is 5.55. The third-order valence-corrected chi connectivity index (χ3v) is 1.87. The quantitative estimate of drug-likeness (QED) is 0.576. The SMILES string of the molecule is CCOC(C)OCC#Cc1ccc(F)cc1. The van der Waals surface area contributed by atoms with Crippen molar-refractivity contribution < 1.29 is 13.9 Å². The summed E-state index contributed by atoms with van der Waals surface area (Å²) in [5.41, 5.74) is 0.772. The van der Waals surface area contributed by atoms with E-state index in [2.05, 4.69) is 11.8 Å². The summed E-state index contributed by atoms with van der Waals surface area (Å²) < 4.78 is 23.0. The van der Waals surface area contributed by atoms with Crippen LogP contribution in [0, 0.1) is 17.7 Å². The fraction of sp³-hybridized carbons (Fsp3) is 0.385. The van der Waals surface area contributed by atoms with Gasteiger partial charge in [0.25, 0.3) is 0 Å². The zero-order valence-corrected chi connectivity index (χ0v) is 9.50. The maximum Gasteiger partial charge on any atom is 0.156 e. The first-order valence-corrected chi connectivity index (χ1v) is 5.20. The third-order valence-electron chi connectivity index (χ3n) is 1.87. The van der Waals surface area contributed by atoms with Crippen LogP contribution in [-0.4, -0.2) is 19.5 Å². The number of hydrogen-bond donors (Lipinski definition) is 0. The lowest BCUT2D eigenvalue weighted by Crippen LogP contribution is -2.12. The summed E-state index contributed by atoms with van der Waals surface area (Å²) in [7, 11) is 0. The molecule has 0 saturated carbocycles. The number of hydrogen-bond acceptors (Lipinski definition) is 2. The van der Waals surface area contributed by atoms with Crippen LogP contribution in [0.5, 0.6) is 0 Å². The Hall–Kier alpha value is -1.37. The average Bonchev–Trinajstić information content (AvgIpc) is 2.27. The molecule has 2 nitrogen and oxygen atoms in total. The van der Waals surface area contributed by atoms with E-state index in [0.717, 1.165) is 5.56 Å². The molecule has 1 atom stereocenters. The minimum Gasteiger partial charge on any atom is -0.353 e. The number of benzene rings is 1. The summed E-state index contributed by atoms with van der Waals surface area (Å²) >= 11 is 0. The Labute approximate surface area is 95.4 Å². The molecule has 0 fully saturated rings. The van der Waals surface area contributed by atoms with E-state index in [1.807, 2.05) is 13.8 Å². The van der Waals surface area contributed by atoms with Crippen molar-refractivity contribution >= 4 is 0 Å². The standard InChI is InChI=1S/C13H15FO2/c1-3-15-11(2)16-10-4-5-12-6-8-13(14)9-7-12/h6-9,11H,3,10H2,1-2H3. The predicted molar refractivity (Wildman–Crippen MR) is 60.3 cm³/mol. The van der Waals surface area contributed by atoms with Gasteiger partial charge in [0.2, 0.25) is 0 Å². The number of ether oxygens (including phenoxy) is 2. The molecule has 86 valence electrons. The van der Waals surface area contributed by atoms with E-state index in [-0.39, 0.29) is 12.1 Å². The second-order valence-electron chi connectivity index (χ2n) is 3.14. The third kappa shape index (κ3) is 4.92. The molecule has 0 aliphatic carbocycles. The highest BCUT2D eigenvalue weighted by molar-refractivity contribution is 5.33. The van der Waals surface area contributed by atoms with Gasteiger partial charge in [-0.2, -0.15) is 0 Å². The first-order chi connectivity index (χ1) is 7.72. The summed E-state index contributed by atoms with van der Waals surface area (Å²) in [6, 6.07) is 6.03. The van der Waals surface area contributed by atoms with Gasteiger partial charge in [0.1, 0.15) is 12.4 Å². The molecule has 1 aromatic carbocycles. The number of rotatable bonds is 4. The van der Waals surface area contributed by atoms with E-state index < -0.39 is 0 Å². The fourth-order valence-corrected chi connectivity index (χ4v) is 1.11. The second-order valence-corrected chi connectivity index (χ2v) is 3.14. The lowest BCUT2D eigenvalue weighted by atomic mass is 10.2. The molecule has 3 heteroatoms. The molecule has 1 rings (SSSR count). The van der Waals surface area contributed by atoms with E-state index in [9.17, 15) is 4.39 Å². The molecule has 0 amide bonds. The molecule has 0 saturated heterocycles. The normalized spacial score (nSPS) is 11.7. The van der Waals surface area contributed by atoms with Crippen molar-refractivity contribution in [2.75, 3.05) is 13.2 Å². The molecule has 0 aliphatic rings. The van der Waals surface area contributed by atoms with Crippen molar-refractivity contribution in [3.8, 4) is 11.8 Å². The summed E-state index contributed by atoms with van der Waals surface area (Å²) in [5, 5.41) is 0. The first kappa shape index (κ1) is 12.7. The largest absolute Gasteiger partial charge is 0.353 e. The molecule has 0 aliphatic heterocycles. The highest BCUT2D eigenvalue weighted by Gasteiger charge is 1.96. The van der Waals surface area contributed by atoms with Crippen molar-refractivity contribution in [1.29, 1.82) is 0 Å². The molecule has 1 unspecified atom stereocenters. The molecule has 0 aromatic heterocycles. The van der Waals surface area contributed by atoms with E-state index in [4.69, 9.17) is 9.47 Å². The van der Waals surface area contributed by atoms with Crippen LogP contribution >= 0.6 is 0 Å². The topological polar surface area (TPSA) is 18.5 Å². The van der Waals surface area contributed by atoms with Crippen LogP contribution in [0.3, 0.4) is 0 Å². The Morgan fingerprint density at radius 1 is 1.25 bits per heavy atom. The monoisotopic (exact) mass is 222 g/mol. The van der Waals surface area contributed by atoms with Gasteiger partial charge in [-0.15, -0.1) is 0 Å². The Bertz CT molecular complexity index is 362. The first-order valence-electron chi connectivity index (χ1n) is 5.20. The smallest absolute Gasteiger partial charge is 0.156 e. The van der Waals surface area contributed by atoms with E-state index in [1.165, 1.54) is 12.1 Å². The second kappa shape index (κ2) is 7.00. The molecule has 0 N–H and O–H groups in total. The van der Waals surface area contributed by atoms with Crippen LogP contribution in [-0.2, 0) is 9.47 Å². The van der Waals surface area contributed by atoms with Gasteiger partial charge in [-0.3, -0.25) is 0 Å². The maximum atomic E-state index is 12.6. The van der Waals surface area contributed by atoms with Gasteiger partial charge in [0, 0.05) is 12.2 Å².